The second-order valence-corrected chi connectivity index (χ2v) is 3.00. The van der Waals surface area contributed by atoms with Crippen molar-refractivity contribution in [2.75, 3.05) is 12.3 Å². The first-order valence-corrected chi connectivity index (χ1v) is 4.66. The Labute approximate surface area is 83.3 Å². The summed E-state index contributed by atoms with van der Waals surface area (Å²) in [7, 11) is 0. The second-order valence-electron chi connectivity index (χ2n) is 3.00. The van der Waals surface area contributed by atoms with E-state index in [4.69, 9.17) is 15.9 Å². The molecule has 0 aliphatic carbocycles. The number of ether oxygens (including phenoxy) is 1. The number of diazo groups is 1. The fraction of sp³-hybridized carbons (Fsp3) is 0.400. The van der Waals surface area contributed by atoms with Crippen molar-refractivity contribution in [1.29, 1.82) is 5.39 Å². The van der Waals surface area contributed by atoms with Crippen molar-refractivity contribution in [1.82, 2.24) is 0 Å². The molecule has 0 saturated carbocycles. The predicted molar refractivity (Wildman–Crippen MR) is 56.0 cm³/mol. The number of nitrogens with zero attached hydrogens (tertiary/aromatic N) is 2. The van der Waals surface area contributed by atoms with Crippen molar-refractivity contribution in [2.24, 2.45) is 0 Å². The zero-order valence-corrected chi connectivity index (χ0v) is 8.23. The molecule has 0 radical (unpaired) electrons. The van der Waals surface area contributed by atoms with Crippen LogP contribution in [0.5, 0.6) is 5.75 Å². The van der Waals surface area contributed by atoms with E-state index in [-0.39, 0.29) is 0 Å². The Morgan fingerprint density at radius 2 is 2.29 bits per heavy atom. The molecule has 0 fully saturated rings. The molecular weight excluding hydrogens is 178 g/mol. The predicted octanol–water partition coefficient (Wildman–Crippen LogP) is 2.93. The minimum Gasteiger partial charge on any atom is -0.485 e. The molecule has 0 spiro atoms. The molecule has 0 saturated heterocycles. The maximum absolute atomic E-state index is 8.69. The lowest BCUT2D eigenvalue weighted by molar-refractivity contribution is 0.313. The van der Waals surface area contributed by atoms with Gasteiger partial charge < -0.3 is 10.5 Å². The number of anilines is 1. The van der Waals surface area contributed by atoms with Crippen LogP contribution in [0.1, 0.15) is 19.8 Å². The molecule has 0 unspecified atom stereocenters. The van der Waals surface area contributed by atoms with Crippen LogP contribution in [0, 0.1) is 5.39 Å². The van der Waals surface area contributed by atoms with E-state index in [1.54, 1.807) is 18.2 Å². The van der Waals surface area contributed by atoms with Crippen LogP contribution in [0.15, 0.2) is 18.2 Å². The fourth-order valence-corrected chi connectivity index (χ4v) is 1.10. The molecule has 74 valence electrons. The molecule has 0 aliphatic heterocycles. The highest BCUT2D eigenvalue weighted by Gasteiger charge is 2.17. The van der Waals surface area contributed by atoms with E-state index >= 15 is 0 Å². The number of nitrogen functional groups attached to an aromatic ring is 1. The fourth-order valence-electron chi connectivity index (χ4n) is 1.10. The quantitative estimate of drug-likeness (QED) is 0.453. The first kappa shape index (κ1) is 10.3. The summed E-state index contributed by atoms with van der Waals surface area (Å²) in [6.07, 6.45) is 2.01. The van der Waals surface area contributed by atoms with Crippen LogP contribution in [0.3, 0.4) is 0 Å². The van der Waals surface area contributed by atoms with Gasteiger partial charge in [-0.25, -0.2) is 0 Å². The Morgan fingerprint density at radius 3 is 2.93 bits per heavy atom. The maximum atomic E-state index is 8.69. The lowest BCUT2D eigenvalue weighted by Crippen LogP contribution is -1.99. The number of nitrogens with two attached hydrogens (primary N) is 1. The van der Waals surface area contributed by atoms with Crippen molar-refractivity contribution < 1.29 is 4.74 Å². The monoisotopic (exact) mass is 192 g/mol. The molecule has 0 aromatic heterocycles. The summed E-state index contributed by atoms with van der Waals surface area (Å²) in [6.45, 7) is 2.67. The van der Waals surface area contributed by atoms with Gasteiger partial charge in [0.2, 0.25) is 11.1 Å². The summed E-state index contributed by atoms with van der Waals surface area (Å²) in [5.41, 5.74) is 6.56. The smallest absolute Gasteiger partial charge is 0.428 e. The van der Waals surface area contributed by atoms with Crippen molar-refractivity contribution in [3.63, 3.8) is 0 Å². The van der Waals surface area contributed by atoms with E-state index in [2.05, 4.69) is 11.9 Å². The molecule has 14 heavy (non-hydrogen) atoms. The Kier molecular flexibility index (Phi) is 3.74. The van der Waals surface area contributed by atoms with Crippen molar-refractivity contribution in [2.45, 2.75) is 19.8 Å². The van der Waals surface area contributed by atoms with E-state index in [9.17, 15) is 0 Å². The van der Waals surface area contributed by atoms with E-state index in [0.717, 1.165) is 12.8 Å². The number of hydrogen-bond donors (Lipinski definition) is 1. The van der Waals surface area contributed by atoms with Crippen LogP contribution in [0.4, 0.5) is 11.4 Å². The standard InChI is InChI=1S/C10H14N3O/c1-2-3-7-14-10-8(11)5-4-6-9(10)13-12/h4-6H,2-3,7,11H2,1H3/q+1. The molecule has 1 aromatic rings. The molecule has 0 bridgehead atoms. The van der Waals surface area contributed by atoms with Crippen molar-refractivity contribution in [3.05, 3.63) is 23.2 Å². The summed E-state index contributed by atoms with van der Waals surface area (Å²) in [6, 6.07) is 5.09. The first-order valence-electron chi connectivity index (χ1n) is 4.66. The molecule has 0 aliphatic rings. The molecule has 2 N–H and O–H groups in total. The molecule has 4 nitrogen and oxygen atoms in total. The number of benzene rings is 1. The van der Waals surface area contributed by atoms with Crippen LogP contribution in [-0.2, 0) is 0 Å². The lowest BCUT2D eigenvalue weighted by atomic mass is 10.2. The molecule has 0 atom stereocenters. The molecule has 1 aromatic carbocycles. The highest BCUT2D eigenvalue weighted by Crippen LogP contribution is 2.33. The van der Waals surface area contributed by atoms with Gasteiger partial charge in [-0.15, -0.1) is 0 Å². The number of hydrogen-bond acceptors (Lipinski definition) is 3. The van der Waals surface area contributed by atoms with Gasteiger partial charge in [-0.3, -0.25) is 0 Å². The van der Waals surface area contributed by atoms with Gasteiger partial charge in [-0.2, -0.15) is 0 Å². The number of para-hydroxylation sites is 1. The molecular formula is C10H14N3O+. The number of rotatable bonds is 4. The van der Waals surface area contributed by atoms with Gasteiger partial charge in [0.25, 0.3) is 0 Å². The number of unbranched alkanes of at least 4 members (excludes halogenated alkanes) is 1. The summed E-state index contributed by atoms with van der Waals surface area (Å²) in [5.74, 6) is 0.462. The van der Waals surface area contributed by atoms with Gasteiger partial charge in [-0.05, 0) is 12.5 Å². The molecule has 4 heteroatoms. The molecule has 1 rings (SSSR count). The summed E-state index contributed by atoms with van der Waals surface area (Å²) in [5, 5.41) is 8.69. The van der Waals surface area contributed by atoms with Gasteiger partial charge in [-0.1, -0.05) is 19.4 Å². The van der Waals surface area contributed by atoms with Gasteiger partial charge >= 0.3 is 5.69 Å². The Hall–Kier alpha value is -1.76. The minimum absolute atomic E-state index is 0.376. The highest BCUT2D eigenvalue weighted by atomic mass is 16.5. The Balaban J connectivity index is 2.78. The van der Waals surface area contributed by atoms with E-state index in [1.807, 2.05) is 0 Å². The zero-order valence-electron chi connectivity index (χ0n) is 8.23. The molecule has 0 heterocycles. The minimum atomic E-state index is 0.376. The average Bonchev–Trinajstić information content (AvgIpc) is 2.20. The van der Waals surface area contributed by atoms with Crippen LogP contribution in [0.2, 0.25) is 0 Å². The van der Waals surface area contributed by atoms with Gasteiger partial charge in [0, 0.05) is 6.07 Å². The van der Waals surface area contributed by atoms with E-state index < -0.39 is 0 Å². The molecule has 0 amide bonds. The van der Waals surface area contributed by atoms with Crippen molar-refractivity contribution >= 4 is 11.4 Å². The van der Waals surface area contributed by atoms with Crippen LogP contribution in [0.25, 0.3) is 4.98 Å². The Morgan fingerprint density at radius 1 is 1.50 bits per heavy atom. The topological polar surface area (TPSA) is 63.4 Å². The normalized spacial score (nSPS) is 9.43. The largest absolute Gasteiger partial charge is 0.485 e. The van der Waals surface area contributed by atoms with Crippen LogP contribution in [-0.4, -0.2) is 6.61 Å². The Bertz CT molecular complexity index is 344. The lowest BCUT2D eigenvalue weighted by Gasteiger charge is -2.04. The third kappa shape index (κ3) is 2.36. The van der Waals surface area contributed by atoms with Crippen LogP contribution >= 0.6 is 0 Å². The third-order valence-electron chi connectivity index (χ3n) is 1.88. The average molecular weight is 192 g/mol. The highest BCUT2D eigenvalue weighted by molar-refractivity contribution is 5.69. The second kappa shape index (κ2) is 5.07. The zero-order chi connectivity index (χ0) is 10.4. The van der Waals surface area contributed by atoms with Gasteiger partial charge in [0.1, 0.15) is 0 Å². The van der Waals surface area contributed by atoms with Crippen LogP contribution < -0.4 is 10.5 Å². The third-order valence-corrected chi connectivity index (χ3v) is 1.88. The summed E-state index contributed by atoms with van der Waals surface area (Å²) < 4.78 is 5.42. The van der Waals surface area contributed by atoms with Gasteiger partial charge in [0.05, 0.1) is 12.3 Å². The summed E-state index contributed by atoms with van der Waals surface area (Å²) >= 11 is 0. The maximum Gasteiger partial charge on any atom is 0.428 e. The van der Waals surface area contributed by atoms with E-state index in [1.165, 1.54) is 0 Å². The van der Waals surface area contributed by atoms with Crippen molar-refractivity contribution in [3.8, 4) is 5.75 Å². The SMILES string of the molecule is CCCCOc1c(N)cccc1[N+]#N. The van der Waals surface area contributed by atoms with E-state index in [0.29, 0.717) is 23.7 Å². The van der Waals surface area contributed by atoms with Gasteiger partial charge in [0.15, 0.2) is 4.98 Å². The summed E-state index contributed by atoms with van der Waals surface area (Å²) in [4.78, 5) is 3.11. The first-order chi connectivity index (χ1) is 6.79.